The second-order valence-corrected chi connectivity index (χ2v) is 8.47. The van der Waals surface area contributed by atoms with Crippen molar-refractivity contribution in [3.05, 3.63) is 65.9 Å². The van der Waals surface area contributed by atoms with Crippen LogP contribution in [0, 0.1) is 0 Å². The predicted octanol–water partition coefficient (Wildman–Crippen LogP) is 4.62. The average molecular weight is 555 g/mol. The third kappa shape index (κ3) is 7.24. The maximum Gasteiger partial charge on any atom is 0.191 e. The monoisotopic (exact) mass is 555 g/mol. The number of nitrogens with zero attached hydrogens (tertiary/aromatic N) is 1. The molecule has 0 saturated carbocycles. The summed E-state index contributed by atoms with van der Waals surface area (Å²) in [5.74, 6) is 3.30. The molecule has 0 saturated heterocycles. The van der Waals surface area contributed by atoms with Gasteiger partial charge in [-0.2, -0.15) is 0 Å². The van der Waals surface area contributed by atoms with E-state index < -0.39 is 10.8 Å². The first kappa shape index (κ1) is 25.2. The number of fused-ring (bicyclic) bond motifs is 1. The summed E-state index contributed by atoms with van der Waals surface area (Å²) in [5.41, 5.74) is 1.84. The van der Waals surface area contributed by atoms with E-state index in [1.165, 1.54) is 0 Å². The molecule has 168 valence electrons. The number of para-hydroxylation sites is 1. The van der Waals surface area contributed by atoms with Gasteiger partial charge in [0.1, 0.15) is 5.76 Å². The average Bonchev–Trinajstić information content (AvgIpc) is 3.19. The fraction of sp³-hybridized carbons (Fsp3) is 0.348. The Bertz CT molecular complexity index is 1010. The van der Waals surface area contributed by atoms with Gasteiger partial charge in [0.2, 0.25) is 0 Å². The first-order chi connectivity index (χ1) is 14.6. The second-order valence-electron chi connectivity index (χ2n) is 6.90. The summed E-state index contributed by atoms with van der Waals surface area (Å²) in [7, 11) is 0.786. The number of hydrogen-bond acceptors (Lipinski definition) is 4. The van der Waals surface area contributed by atoms with E-state index in [2.05, 4.69) is 15.6 Å². The molecule has 2 N–H and O–H groups in total. The first-order valence-electron chi connectivity index (χ1n) is 10.1. The van der Waals surface area contributed by atoms with Crippen LogP contribution in [0.3, 0.4) is 0 Å². The molecule has 31 heavy (non-hydrogen) atoms. The van der Waals surface area contributed by atoms with E-state index in [0.717, 1.165) is 28.0 Å². The first-order valence-corrected chi connectivity index (χ1v) is 11.6. The molecule has 0 spiro atoms. The minimum absolute atomic E-state index is 0. The number of guanidine groups is 1. The lowest BCUT2D eigenvalue weighted by atomic mass is 10.2. The SMILES string of the molecule is CCOc1cccc2cc(C(C)NC(=NC)NCCS(=O)Cc3ccccc3)oc12.I. The highest BCUT2D eigenvalue weighted by Crippen LogP contribution is 2.31. The van der Waals surface area contributed by atoms with Gasteiger partial charge in [-0.15, -0.1) is 24.0 Å². The summed E-state index contributed by atoms with van der Waals surface area (Å²) in [6.07, 6.45) is 0. The van der Waals surface area contributed by atoms with E-state index in [1.807, 2.05) is 68.4 Å². The summed E-state index contributed by atoms with van der Waals surface area (Å²) < 4.78 is 24.0. The number of furan rings is 1. The molecule has 8 heteroatoms. The van der Waals surface area contributed by atoms with E-state index >= 15 is 0 Å². The molecule has 0 aliphatic rings. The van der Waals surface area contributed by atoms with Gasteiger partial charge < -0.3 is 19.8 Å². The summed E-state index contributed by atoms with van der Waals surface area (Å²) in [6.45, 7) is 5.12. The highest BCUT2D eigenvalue weighted by Gasteiger charge is 2.15. The topological polar surface area (TPSA) is 75.9 Å². The molecule has 6 nitrogen and oxygen atoms in total. The number of ether oxygens (including phenoxy) is 1. The van der Waals surface area contributed by atoms with Crippen LogP contribution in [0.5, 0.6) is 5.75 Å². The van der Waals surface area contributed by atoms with Crippen molar-refractivity contribution in [3.63, 3.8) is 0 Å². The molecule has 0 fully saturated rings. The van der Waals surface area contributed by atoms with Gasteiger partial charge in [-0.05, 0) is 31.5 Å². The lowest BCUT2D eigenvalue weighted by Crippen LogP contribution is -2.40. The summed E-state index contributed by atoms with van der Waals surface area (Å²) in [5, 5.41) is 7.56. The highest BCUT2D eigenvalue weighted by atomic mass is 127. The molecule has 2 atom stereocenters. The van der Waals surface area contributed by atoms with Crippen molar-refractivity contribution in [2.75, 3.05) is 26.0 Å². The number of rotatable bonds is 9. The van der Waals surface area contributed by atoms with Gasteiger partial charge in [0.25, 0.3) is 0 Å². The Morgan fingerprint density at radius 1 is 1.19 bits per heavy atom. The smallest absolute Gasteiger partial charge is 0.191 e. The molecule has 1 aromatic heterocycles. The van der Waals surface area contributed by atoms with Crippen molar-refractivity contribution >= 4 is 51.7 Å². The Balaban J connectivity index is 0.00000341. The van der Waals surface area contributed by atoms with Crippen LogP contribution in [-0.4, -0.2) is 36.1 Å². The van der Waals surface area contributed by atoms with Crippen LogP contribution in [0.4, 0.5) is 0 Å². The normalized spacial score (nSPS) is 13.3. The fourth-order valence-corrected chi connectivity index (χ4v) is 4.16. The number of halogens is 1. The van der Waals surface area contributed by atoms with Crippen molar-refractivity contribution in [2.24, 2.45) is 4.99 Å². The van der Waals surface area contributed by atoms with E-state index in [4.69, 9.17) is 9.15 Å². The maximum absolute atomic E-state index is 12.3. The molecule has 0 bridgehead atoms. The van der Waals surface area contributed by atoms with Gasteiger partial charge in [-0.1, -0.05) is 42.5 Å². The van der Waals surface area contributed by atoms with Crippen LogP contribution in [0.15, 0.2) is 64.0 Å². The lowest BCUT2D eigenvalue weighted by molar-refractivity contribution is 0.336. The van der Waals surface area contributed by atoms with Crippen molar-refractivity contribution in [1.29, 1.82) is 0 Å². The Kier molecular flexibility index (Phi) is 10.3. The Hall–Kier alpha value is -2.07. The standard InChI is InChI=1S/C23H29N3O3S.HI/c1-4-28-20-12-8-11-19-15-21(29-22(19)20)17(2)26-23(24-3)25-13-14-30(27)16-18-9-6-5-7-10-18;/h5-12,15,17H,4,13-14,16H2,1-3H3,(H2,24,25,26);1H. The second kappa shape index (κ2) is 12.7. The molecule has 2 unspecified atom stereocenters. The molecule has 0 radical (unpaired) electrons. The van der Waals surface area contributed by atoms with Crippen LogP contribution in [-0.2, 0) is 16.6 Å². The molecular weight excluding hydrogens is 525 g/mol. The molecule has 3 rings (SSSR count). The van der Waals surface area contributed by atoms with Crippen LogP contribution < -0.4 is 15.4 Å². The van der Waals surface area contributed by atoms with E-state index in [9.17, 15) is 4.21 Å². The molecule has 0 aliphatic carbocycles. The van der Waals surface area contributed by atoms with Gasteiger partial charge in [-0.3, -0.25) is 9.20 Å². The lowest BCUT2D eigenvalue weighted by Gasteiger charge is -2.16. The third-order valence-electron chi connectivity index (χ3n) is 4.62. The molecule has 0 aliphatic heterocycles. The predicted molar refractivity (Wildman–Crippen MR) is 139 cm³/mol. The van der Waals surface area contributed by atoms with Crippen LogP contribution in [0.1, 0.15) is 31.2 Å². The molecule has 1 heterocycles. The maximum atomic E-state index is 12.3. The van der Waals surface area contributed by atoms with E-state index in [0.29, 0.717) is 30.6 Å². The van der Waals surface area contributed by atoms with Crippen molar-refractivity contribution < 1.29 is 13.4 Å². The number of hydrogen-bond donors (Lipinski definition) is 2. The van der Waals surface area contributed by atoms with Gasteiger partial charge in [0.15, 0.2) is 17.3 Å². The van der Waals surface area contributed by atoms with Gasteiger partial charge >= 0.3 is 0 Å². The minimum Gasteiger partial charge on any atom is -0.490 e. The van der Waals surface area contributed by atoms with E-state index in [-0.39, 0.29) is 30.0 Å². The van der Waals surface area contributed by atoms with Crippen molar-refractivity contribution in [3.8, 4) is 5.75 Å². The zero-order chi connectivity index (χ0) is 21.3. The Morgan fingerprint density at radius 2 is 1.97 bits per heavy atom. The quantitative estimate of drug-likeness (QED) is 0.229. The van der Waals surface area contributed by atoms with E-state index in [1.54, 1.807) is 7.05 Å². The molecule has 0 amide bonds. The van der Waals surface area contributed by atoms with Crippen LogP contribution >= 0.6 is 24.0 Å². The minimum atomic E-state index is -0.931. The zero-order valence-electron chi connectivity index (χ0n) is 18.1. The summed E-state index contributed by atoms with van der Waals surface area (Å²) >= 11 is 0. The molecular formula is C23H30IN3O3S. The summed E-state index contributed by atoms with van der Waals surface area (Å²) in [6, 6.07) is 17.7. The van der Waals surface area contributed by atoms with Crippen LogP contribution in [0.2, 0.25) is 0 Å². The van der Waals surface area contributed by atoms with Gasteiger partial charge in [0, 0.05) is 41.3 Å². The number of benzene rings is 2. The molecule has 2 aromatic carbocycles. The van der Waals surface area contributed by atoms with Crippen molar-refractivity contribution in [1.82, 2.24) is 10.6 Å². The Morgan fingerprint density at radius 3 is 2.68 bits per heavy atom. The largest absolute Gasteiger partial charge is 0.490 e. The van der Waals surface area contributed by atoms with Gasteiger partial charge in [0.05, 0.1) is 12.6 Å². The van der Waals surface area contributed by atoms with Crippen molar-refractivity contribution in [2.45, 2.75) is 25.6 Å². The fourth-order valence-electron chi connectivity index (χ4n) is 3.13. The third-order valence-corrected chi connectivity index (χ3v) is 5.94. The number of nitrogens with one attached hydrogen (secondary N) is 2. The highest BCUT2D eigenvalue weighted by molar-refractivity contribution is 14.0. The van der Waals surface area contributed by atoms with Gasteiger partial charge in [-0.25, -0.2) is 0 Å². The Labute approximate surface area is 203 Å². The zero-order valence-corrected chi connectivity index (χ0v) is 21.2. The molecule has 3 aromatic rings. The van der Waals surface area contributed by atoms with Crippen LogP contribution in [0.25, 0.3) is 11.0 Å². The number of aliphatic imine (C=N–C) groups is 1. The summed E-state index contributed by atoms with van der Waals surface area (Å²) in [4.78, 5) is 4.26.